The Balaban J connectivity index is 1.74. The van der Waals surface area contributed by atoms with Crippen molar-refractivity contribution in [2.75, 3.05) is 24.5 Å². The van der Waals surface area contributed by atoms with Crippen LogP contribution >= 0.6 is 0 Å². The lowest BCUT2D eigenvalue weighted by Gasteiger charge is -2.35. The molecule has 2 atom stereocenters. The quantitative estimate of drug-likeness (QED) is 0.777. The first-order valence-corrected chi connectivity index (χ1v) is 5.93. The fourth-order valence-electron chi connectivity index (χ4n) is 2.81. The summed E-state index contributed by atoms with van der Waals surface area (Å²) in [5.41, 5.74) is 0. The summed E-state index contributed by atoms with van der Waals surface area (Å²) in [4.78, 5) is 6.42. The summed E-state index contributed by atoms with van der Waals surface area (Å²) in [6.45, 7) is 3.21. The van der Waals surface area contributed by atoms with Gasteiger partial charge in [0, 0.05) is 19.1 Å². The van der Waals surface area contributed by atoms with Crippen molar-refractivity contribution in [3.8, 4) is 0 Å². The van der Waals surface area contributed by atoms with Gasteiger partial charge in [0.25, 0.3) is 0 Å². The second-order valence-corrected chi connectivity index (χ2v) is 4.68. The van der Waals surface area contributed by atoms with Crippen LogP contribution in [0.3, 0.4) is 0 Å². The highest BCUT2D eigenvalue weighted by Gasteiger charge is 2.32. The van der Waals surface area contributed by atoms with Gasteiger partial charge >= 0.3 is 0 Å². The Morgan fingerprint density at radius 3 is 3.12 bits per heavy atom. The van der Waals surface area contributed by atoms with Crippen LogP contribution in [0.2, 0.25) is 0 Å². The lowest BCUT2D eigenvalue weighted by atomic mass is 9.93. The molecule has 0 radical (unpaired) electrons. The first-order chi connectivity index (χ1) is 7.83. The second-order valence-electron chi connectivity index (χ2n) is 4.68. The van der Waals surface area contributed by atoms with Gasteiger partial charge in [-0.2, -0.15) is 0 Å². The number of pyridine rings is 1. The Hall–Kier alpha value is -1.16. The van der Waals surface area contributed by atoms with Crippen LogP contribution in [0.4, 0.5) is 10.2 Å². The lowest BCUT2D eigenvalue weighted by molar-refractivity contribution is 0.375. The summed E-state index contributed by atoms with van der Waals surface area (Å²) in [6.07, 6.45) is 3.72. The van der Waals surface area contributed by atoms with Crippen LogP contribution in [0.15, 0.2) is 18.3 Å². The number of nitrogens with one attached hydrogen (secondary N) is 1. The van der Waals surface area contributed by atoms with Crippen LogP contribution < -0.4 is 10.2 Å². The molecule has 0 saturated carbocycles. The molecular weight excluding hydrogens is 205 g/mol. The highest BCUT2D eigenvalue weighted by molar-refractivity contribution is 5.39. The molecule has 2 unspecified atom stereocenters. The van der Waals surface area contributed by atoms with Gasteiger partial charge in [0.1, 0.15) is 11.6 Å². The molecule has 3 nitrogen and oxygen atoms in total. The molecule has 2 aliphatic rings. The van der Waals surface area contributed by atoms with Crippen molar-refractivity contribution in [1.82, 2.24) is 10.3 Å². The number of aromatic nitrogens is 1. The van der Waals surface area contributed by atoms with Crippen molar-refractivity contribution in [3.05, 3.63) is 24.1 Å². The summed E-state index contributed by atoms with van der Waals surface area (Å²) >= 11 is 0. The zero-order valence-electron chi connectivity index (χ0n) is 9.19. The first kappa shape index (κ1) is 10.0. The molecule has 1 N–H and O–H groups in total. The van der Waals surface area contributed by atoms with Crippen LogP contribution in [0, 0.1) is 11.7 Å². The van der Waals surface area contributed by atoms with E-state index in [0.717, 1.165) is 31.4 Å². The SMILES string of the molecule is Fc1ccc(N2CCC3NCCC3C2)nc1. The number of rotatable bonds is 1. The van der Waals surface area contributed by atoms with E-state index < -0.39 is 0 Å². The third kappa shape index (κ3) is 1.78. The molecule has 4 heteroatoms. The summed E-state index contributed by atoms with van der Waals surface area (Å²) in [5.74, 6) is 1.38. The zero-order valence-corrected chi connectivity index (χ0v) is 9.19. The molecule has 3 heterocycles. The van der Waals surface area contributed by atoms with Crippen molar-refractivity contribution in [3.63, 3.8) is 0 Å². The molecule has 0 aromatic carbocycles. The van der Waals surface area contributed by atoms with Crippen LogP contribution in [-0.4, -0.2) is 30.7 Å². The maximum absolute atomic E-state index is 12.8. The zero-order chi connectivity index (χ0) is 11.0. The summed E-state index contributed by atoms with van der Waals surface area (Å²) in [7, 11) is 0. The standard InChI is InChI=1S/C12H16FN3/c13-10-1-2-12(15-7-10)16-6-4-11-9(8-16)3-5-14-11/h1-2,7,9,11,14H,3-6,8H2. The number of nitrogens with zero attached hydrogens (tertiary/aromatic N) is 2. The van der Waals surface area contributed by atoms with Crippen LogP contribution in [0.25, 0.3) is 0 Å². The van der Waals surface area contributed by atoms with Gasteiger partial charge < -0.3 is 10.2 Å². The van der Waals surface area contributed by atoms with Crippen LogP contribution in [-0.2, 0) is 0 Å². The van der Waals surface area contributed by atoms with E-state index in [1.165, 1.54) is 25.1 Å². The summed E-state index contributed by atoms with van der Waals surface area (Å²) < 4.78 is 12.8. The van der Waals surface area contributed by atoms with Gasteiger partial charge in [-0.15, -0.1) is 0 Å². The highest BCUT2D eigenvalue weighted by Crippen LogP contribution is 2.27. The van der Waals surface area contributed by atoms with Crippen molar-refractivity contribution in [2.45, 2.75) is 18.9 Å². The number of halogens is 1. The summed E-state index contributed by atoms with van der Waals surface area (Å²) in [6, 6.07) is 3.95. The van der Waals surface area contributed by atoms with E-state index in [4.69, 9.17) is 0 Å². The average Bonchev–Trinajstić information content (AvgIpc) is 2.77. The van der Waals surface area contributed by atoms with Gasteiger partial charge in [0.15, 0.2) is 0 Å². The maximum Gasteiger partial charge on any atom is 0.141 e. The van der Waals surface area contributed by atoms with Crippen molar-refractivity contribution in [1.29, 1.82) is 0 Å². The Morgan fingerprint density at radius 1 is 1.38 bits per heavy atom. The Bertz CT molecular complexity index is 365. The van der Waals surface area contributed by atoms with Gasteiger partial charge in [0.05, 0.1) is 6.20 Å². The average molecular weight is 221 g/mol. The third-order valence-corrected chi connectivity index (χ3v) is 3.69. The maximum atomic E-state index is 12.8. The van der Waals surface area contributed by atoms with Gasteiger partial charge in [-0.05, 0) is 37.4 Å². The molecule has 0 spiro atoms. The minimum atomic E-state index is -0.263. The highest BCUT2D eigenvalue weighted by atomic mass is 19.1. The monoisotopic (exact) mass is 221 g/mol. The first-order valence-electron chi connectivity index (χ1n) is 5.93. The normalized spacial score (nSPS) is 29.2. The van der Waals surface area contributed by atoms with Crippen molar-refractivity contribution < 1.29 is 4.39 Å². The Kier molecular flexibility index (Phi) is 2.52. The number of piperidine rings is 1. The minimum Gasteiger partial charge on any atom is -0.356 e. The summed E-state index contributed by atoms with van der Waals surface area (Å²) in [5, 5.41) is 3.53. The van der Waals surface area contributed by atoms with E-state index in [1.54, 1.807) is 6.07 Å². The molecule has 16 heavy (non-hydrogen) atoms. The lowest BCUT2D eigenvalue weighted by Crippen LogP contribution is -2.44. The molecular formula is C12H16FN3. The third-order valence-electron chi connectivity index (χ3n) is 3.69. The van der Waals surface area contributed by atoms with E-state index in [0.29, 0.717) is 6.04 Å². The van der Waals surface area contributed by atoms with E-state index in [9.17, 15) is 4.39 Å². The molecule has 1 aromatic rings. The van der Waals surface area contributed by atoms with Gasteiger partial charge in [-0.1, -0.05) is 0 Å². The molecule has 86 valence electrons. The molecule has 0 aliphatic carbocycles. The Labute approximate surface area is 94.7 Å². The van der Waals surface area contributed by atoms with Gasteiger partial charge in [-0.25, -0.2) is 9.37 Å². The molecule has 0 amide bonds. The fourth-order valence-corrected chi connectivity index (χ4v) is 2.81. The number of hydrogen-bond acceptors (Lipinski definition) is 3. The fraction of sp³-hybridized carbons (Fsp3) is 0.583. The molecule has 0 bridgehead atoms. The van der Waals surface area contributed by atoms with Crippen molar-refractivity contribution in [2.24, 2.45) is 5.92 Å². The van der Waals surface area contributed by atoms with E-state index in [1.807, 2.05) is 0 Å². The second kappa shape index (κ2) is 4.01. The Morgan fingerprint density at radius 2 is 2.31 bits per heavy atom. The smallest absolute Gasteiger partial charge is 0.141 e. The molecule has 3 rings (SSSR count). The van der Waals surface area contributed by atoms with Crippen LogP contribution in [0.5, 0.6) is 0 Å². The van der Waals surface area contributed by atoms with E-state index in [2.05, 4.69) is 15.2 Å². The molecule has 2 aliphatic heterocycles. The van der Waals surface area contributed by atoms with E-state index in [-0.39, 0.29) is 5.82 Å². The minimum absolute atomic E-state index is 0.263. The topological polar surface area (TPSA) is 28.2 Å². The largest absolute Gasteiger partial charge is 0.356 e. The van der Waals surface area contributed by atoms with Gasteiger partial charge in [0.2, 0.25) is 0 Å². The molecule has 1 aromatic heterocycles. The number of fused-ring (bicyclic) bond motifs is 1. The van der Waals surface area contributed by atoms with Crippen molar-refractivity contribution >= 4 is 5.82 Å². The van der Waals surface area contributed by atoms with Crippen LogP contribution in [0.1, 0.15) is 12.8 Å². The van der Waals surface area contributed by atoms with Gasteiger partial charge in [-0.3, -0.25) is 0 Å². The number of anilines is 1. The number of hydrogen-bond donors (Lipinski definition) is 1. The predicted molar refractivity (Wildman–Crippen MR) is 60.9 cm³/mol. The molecule has 2 fully saturated rings. The molecule has 2 saturated heterocycles. The predicted octanol–water partition coefficient (Wildman–Crippen LogP) is 1.41. The van der Waals surface area contributed by atoms with E-state index >= 15 is 0 Å².